The van der Waals surface area contributed by atoms with Gasteiger partial charge in [-0.25, -0.2) is 0 Å². The number of benzene rings is 1. The van der Waals surface area contributed by atoms with Gasteiger partial charge in [-0.1, -0.05) is 43.6 Å². The molecule has 1 aromatic rings. The quantitative estimate of drug-likeness (QED) is 0.638. The molecule has 1 nitrogen and oxygen atoms in total. The number of alkyl halides is 1. The fourth-order valence-electron chi connectivity index (χ4n) is 2.12. The summed E-state index contributed by atoms with van der Waals surface area (Å²) in [6.45, 7) is 11.2. The summed E-state index contributed by atoms with van der Waals surface area (Å²) >= 11 is 9.58. The minimum Gasteiger partial charge on any atom is -0.371 e. The van der Waals surface area contributed by atoms with Gasteiger partial charge in [-0.05, 0) is 35.6 Å². The van der Waals surface area contributed by atoms with Gasteiger partial charge in [0.2, 0.25) is 0 Å². The van der Waals surface area contributed by atoms with Crippen LogP contribution >= 0.6 is 27.5 Å². The molecule has 0 saturated carbocycles. The highest BCUT2D eigenvalue weighted by Gasteiger charge is 2.14. The Kier molecular flexibility index (Phi) is 6.51. The highest BCUT2D eigenvalue weighted by molar-refractivity contribution is 9.10. The summed E-state index contributed by atoms with van der Waals surface area (Å²) in [7, 11) is 0. The molecule has 0 aliphatic rings. The summed E-state index contributed by atoms with van der Waals surface area (Å²) in [4.78, 5) is 2.46. The molecule has 0 atom stereocenters. The lowest BCUT2D eigenvalue weighted by atomic mass is 10.1. The van der Waals surface area contributed by atoms with E-state index in [0.29, 0.717) is 17.7 Å². The number of anilines is 1. The Balaban J connectivity index is 3.03. The maximum absolute atomic E-state index is 6.07. The molecule has 0 aliphatic carbocycles. The Bertz CT molecular complexity index is 367. The highest BCUT2D eigenvalue weighted by atomic mass is 79.9. The molecule has 0 fully saturated rings. The molecular formula is C15H23BrClN. The van der Waals surface area contributed by atoms with Crippen LogP contribution in [0.1, 0.15) is 33.3 Å². The molecule has 0 amide bonds. The number of rotatable bonds is 6. The average Bonchev–Trinajstić information content (AvgIpc) is 2.26. The number of hydrogen-bond donors (Lipinski definition) is 0. The molecule has 1 rings (SSSR count). The summed E-state index contributed by atoms with van der Waals surface area (Å²) in [5, 5.41) is 0. The van der Waals surface area contributed by atoms with Crippen LogP contribution < -0.4 is 4.90 Å². The van der Waals surface area contributed by atoms with Crippen molar-refractivity contribution in [3.63, 3.8) is 0 Å². The first-order chi connectivity index (χ1) is 8.43. The second-order valence-electron chi connectivity index (χ2n) is 5.60. The van der Waals surface area contributed by atoms with E-state index in [4.69, 9.17) is 11.6 Å². The number of halogens is 2. The average molecular weight is 333 g/mol. The molecular weight excluding hydrogens is 310 g/mol. The summed E-state index contributed by atoms with van der Waals surface area (Å²) in [5.74, 6) is 1.85. The number of hydrogen-bond acceptors (Lipinski definition) is 1. The lowest BCUT2D eigenvalue weighted by molar-refractivity contribution is 0.552. The van der Waals surface area contributed by atoms with E-state index >= 15 is 0 Å². The van der Waals surface area contributed by atoms with Gasteiger partial charge in [0.25, 0.3) is 0 Å². The van der Waals surface area contributed by atoms with Crippen LogP contribution in [0.5, 0.6) is 0 Å². The summed E-state index contributed by atoms with van der Waals surface area (Å²) < 4.78 is 1.09. The van der Waals surface area contributed by atoms with Crippen molar-refractivity contribution in [2.45, 2.75) is 33.6 Å². The maximum Gasteiger partial charge on any atom is 0.0494 e. The molecule has 18 heavy (non-hydrogen) atoms. The normalized spacial score (nSPS) is 11.3. The summed E-state index contributed by atoms with van der Waals surface area (Å²) in [6.07, 6.45) is 0. The van der Waals surface area contributed by atoms with Crippen LogP contribution in [-0.2, 0) is 5.88 Å². The molecule has 0 radical (unpaired) electrons. The van der Waals surface area contributed by atoms with Gasteiger partial charge in [0.1, 0.15) is 0 Å². The van der Waals surface area contributed by atoms with Crippen LogP contribution in [0.2, 0.25) is 0 Å². The van der Waals surface area contributed by atoms with Crippen molar-refractivity contribution in [3.8, 4) is 0 Å². The van der Waals surface area contributed by atoms with E-state index in [2.05, 4.69) is 66.7 Å². The van der Waals surface area contributed by atoms with Crippen molar-refractivity contribution in [1.29, 1.82) is 0 Å². The Labute approximate surface area is 125 Å². The Morgan fingerprint density at radius 3 is 2.11 bits per heavy atom. The SMILES string of the molecule is CC(C)CN(CC(C)C)c1ccc(Br)cc1CCl. The monoisotopic (exact) mass is 331 g/mol. The second kappa shape index (κ2) is 7.40. The fraction of sp³-hybridized carbons (Fsp3) is 0.600. The third-order valence-corrected chi connectivity index (χ3v) is 3.48. The third-order valence-electron chi connectivity index (χ3n) is 2.70. The van der Waals surface area contributed by atoms with Crippen molar-refractivity contribution in [1.82, 2.24) is 0 Å². The van der Waals surface area contributed by atoms with E-state index in [1.807, 2.05) is 0 Å². The molecule has 102 valence electrons. The van der Waals surface area contributed by atoms with Gasteiger partial charge in [-0.15, -0.1) is 11.6 Å². The van der Waals surface area contributed by atoms with Crippen molar-refractivity contribution < 1.29 is 0 Å². The smallest absolute Gasteiger partial charge is 0.0494 e. The van der Waals surface area contributed by atoms with E-state index < -0.39 is 0 Å². The lowest BCUT2D eigenvalue weighted by Gasteiger charge is -2.30. The molecule has 0 unspecified atom stereocenters. The molecule has 1 aromatic carbocycles. The molecule has 0 spiro atoms. The molecule has 0 bridgehead atoms. The second-order valence-corrected chi connectivity index (χ2v) is 6.78. The summed E-state index contributed by atoms with van der Waals surface area (Å²) in [5.41, 5.74) is 2.47. The van der Waals surface area contributed by atoms with Gasteiger partial charge in [-0.2, -0.15) is 0 Å². The summed E-state index contributed by atoms with van der Waals surface area (Å²) in [6, 6.07) is 6.39. The van der Waals surface area contributed by atoms with Crippen LogP contribution in [0.15, 0.2) is 22.7 Å². The van der Waals surface area contributed by atoms with Gasteiger partial charge in [-0.3, -0.25) is 0 Å². The van der Waals surface area contributed by atoms with Gasteiger partial charge in [0.05, 0.1) is 0 Å². The molecule has 0 aromatic heterocycles. The first-order valence-electron chi connectivity index (χ1n) is 6.53. The van der Waals surface area contributed by atoms with Crippen molar-refractivity contribution in [2.24, 2.45) is 11.8 Å². The molecule has 0 saturated heterocycles. The third kappa shape index (κ3) is 4.81. The minimum atomic E-state index is 0.557. The Morgan fingerprint density at radius 2 is 1.67 bits per heavy atom. The zero-order valence-electron chi connectivity index (χ0n) is 11.7. The van der Waals surface area contributed by atoms with E-state index in [1.54, 1.807) is 0 Å². The van der Waals surface area contributed by atoms with Crippen LogP contribution in [0.3, 0.4) is 0 Å². The van der Waals surface area contributed by atoms with Crippen LogP contribution in [0.4, 0.5) is 5.69 Å². The van der Waals surface area contributed by atoms with Crippen LogP contribution in [0.25, 0.3) is 0 Å². The van der Waals surface area contributed by atoms with E-state index in [0.717, 1.165) is 17.6 Å². The van der Waals surface area contributed by atoms with E-state index in [-0.39, 0.29) is 0 Å². The predicted octanol–water partition coefficient (Wildman–Crippen LogP) is 5.31. The zero-order chi connectivity index (χ0) is 13.7. The van der Waals surface area contributed by atoms with Crippen molar-refractivity contribution in [2.75, 3.05) is 18.0 Å². The van der Waals surface area contributed by atoms with E-state index in [9.17, 15) is 0 Å². The molecule has 0 N–H and O–H groups in total. The fourth-order valence-corrected chi connectivity index (χ4v) is 2.74. The topological polar surface area (TPSA) is 3.24 Å². The molecule has 0 aliphatic heterocycles. The highest BCUT2D eigenvalue weighted by Crippen LogP contribution is 2.27. The van der Waals surface area contributed by atoms with Crippen molar-refractivity contribution >= 4 is 33.2 Å². The number of nitrogens with zero attached hydrogens (tertiary/aromatic N) is 1. The van der Waals surface area contributed by atoms with E-state index in [1.165, 1.54) is 11.3 Å². The van der Waals surface area contributed by atoms with Gasteiger partial charge in [0, 0.05) is 29.1 Å². The van der Waals surface area contributed by atoms with Gasteiger partial charge >= 0.3 is 0 Å². The first-order valence-corrected chi connectivity index (χ1v) is 7.86. The predicted molar refractivity (Wildman–Crippen MR) is 85.6 cm³/mol. The van der Waals surface area contributed by atoms with Crippen molar-refractivity contribution in [3.05, 3.63) is 28.2 Å². The molecule has 3 heteroatoms. The lowest BCUT2D eigenvalue weighted by Crippen LogP contribution is -2.32. The maximum atomic E-state index is 6.07. The van der Waals surface area contributed by atoms with Crippen LogP contribution in [-0.4, -0.2) is 13.1 Å². The zero-order valence-corrected chi connectivity index (χ0v) is 14.1. The van der Waals surface area contributed by atoms with Gasteiger partial charge in [0.15, 0.2) is 0 Å². The first kappa shape index (κ1) is 15.8. The standard InChI is InChI=1S/C15H23BrClN/c1-11(2)9-18(10-12(3)4)15-6-5-14(16)7-13(15)8-17/h5-7,11-12H,8-10H2,1-4H3. The Morgan fingerprint density at radius 1 is 1.11 bits per heavy atom. The largest absolute Gasteiger partial charge is 0.371 e. The molecule has 0 heterocycles. The van der Waals surface area contributed by atoms with Gasteiger partial charge < -0.3 is 4.90 Å². The van der Waals surface area contributed by atoms with Crippen LogP contribution in [0, 0.1) is 11.8 Å². The minimum absolute atomic E-state index is 0.557. The Hall–Kier alpha value is -0.210.